The third-order valence-electron chi connectivity index (χ3n) is 3.52. The number of nitrogens with zero attached hydrogens (tertiary/aromatic N) is 1. The Hall–Kier alpha value is -1.48. The number of halogens is 2. The number of fused-ring (bicyclic) bond motifs is 1. The molecule has 0 spiro atoms. The van der Waals surface area contributed by atoms with Crippen molar-refractivity contribution in [1.82, 2.24) is 4.57 Å². The highest BCUT2D eigenvalue weighted by atomic mass is 35.5. The molecular weight excluding hydrogens is 303 g/mol. The van der Waals surface area contributed by atoms with Gasteiger partial charge in [-0.2, -0.15) is 0 Å². The molecule has 21 heavy (non-hydrogen) atoms. The molecule has 0 atom stereocenters. The first-order valence-electron chi connectivity index (χ1n) is 6.83. The van der Waals surface area contributed by atoms with Crippen molar-refractivity contribution in [1.29, 1.82) is 0 Å². The molecule has 1 heterocycles. The van der Waals surface area contributed by atoms with Crippen molar-refractivity contribution < 1.29 is 0 Å². The smallest absolute Gasteiger partial charge is 0.0560 e. The predicted octanol–water partition coefficient (Wildman–Crippen LogP) is 4.73. The van der Waals surface area contributed by atoms with E-state index >= 15 is 0 Å². The van der Waals surface area contributed by atoms with Crippen LogP contribution in [0.15, 0.2) is 54.7 Å². The van der Waals surface area contributed by atoms with E-state index < -0.39 is 0 Å². The molecule has 0 aliphatic heterocycles. The summed E-state index contributed by atoms with van der Waals surface area (Å²) in [7, 11) is 0. The maximum Gasteiger partial charge on any atom is 0.0560 e. The average molecular weight is 321 g/mol. The van der Waals surface area contributed by atoms with Crippen molar-refractivity contribution in [3.8, 4) is 11.3 Å². The topological polar surface area (TPSA) is 30.9 Å². The monoisotopic (exact) mass is 320 g/mol. The van der Waals surface area contributed by atoms with Crippen LogP contribution in [-0.4, -0.2) is 11.1 Å². The molecule has 0 aliphatic carbocycles. The van der Waals surface area contributed by atoms with Crippen LogP contribution in [0, 0.1) is 0 Å². The molecule has 0 aliphatic rings. The van der Waals surface area contributed by atoms with E-state index in [9.17, 15) is 0 Å². The fourth-order valence-corrected chi connectivity index (χ4v) is 2.71. The fourth-order valence-electron chi connectivity index (χ4n) is 2.58. The zero-order chi connectivity index (χ0) is 13.9. The van der Waals surface area contributed by atoms with Gasteiger partial charge in [0.15, 0.2) is 0 Å². The van der Waals surface area contributed by atoms with E-state index in [-0.39, 0.29) is 12.4 Å². The summed E-state index contributed by atoms with van der Waals surface area (Å²) in [6, 6.07) is 16.5. The molecule has 0 unspecified atom stereocenters. The lowest BCUT2D eigenvalue weighted by Gasteiger charge is -2.09. The maximum atomic E-state index is 5.99. The highest BCUT2D eigenvalue weighted by molar-refractivity contribution is 6.30. The van der Waals surface area contributed by atoms with Crippen molar-refractivity contribution >= 4 is 34.8 Å². The van der Waals surface area contributed by atoms with Gasteiger partial charge in [-0.25, -0.2) is 0 Å². The van der Waals surface area contributed by atoms with E-state index in [0.29, 0.717) is 6.54 Å². The van der Waals surface area contributed by atoms with Crippen molar-refractivity contribution in [3.05, 3.63) is 59.8 Å². The van der Waals surface area contributed by atoms with Crippen LogP contribution in [0.3, 0.4) is 0 Å². The Kier molecular flexibility index (Phi) is 5.29. The minimum absolute atomic E-state index is 0. The zero-order valence-corrected chi connectivity index (χ0v) is 13.2. The van der Waals surface area contributed by atoms with Crippen LogP contribution in [0.5, 0.6) is 0 Å². The Bertz CT molecular complexity index is 717. The van der Waals surface area contributed by atoms with E-state index in [1.807, 2.05) is 12.1 Å². The van der Waals surface area contributed by atoms with Crippen LogP contribution in [0.4, 0.5) is 0 Å². The lowest BCUT2D eigenvalue weighted by molar-refractivity contribution is 0.661. The van der Waals surface area contributed by atoms with Gasteiger partial charge in [0.25, 0.3) is 0 Å². The highest BCUT2D eigenvalue weighted by Gasteiger charge is 2.10. The number of rotatable bonds is 4. The van der Waals surface area contributed by atoms with Gasteiger partial charge in [-0.1, -0.05) is 48.0 Å². The maximum absolute atomic E-state index is 5.99. The summed E-state index contributed by atoms with van der Waals surface area (Å²) in [6.45, 7) is 1.64. The van der Waals surface area contributed by atoms with Gasteiger partial charge in [-0.15, -0.1) is 12.4 Å². The first-order chi connectivity index (χ1) is 9.79. The van der Waals surface area contributed by atoms with Crippen LogP contribution in [-0.2, 0) is 6.54 Å². The van der Waals surface area contributed by atoms with Crippen molar-refractivity contribution in [2.24, 2.45) is 5.73 Å². The summed E-state index contributed by atoms with van der Waals surface area (Å²) in [4.78, 5) is 0. The van der Waals surface area contributed by atoms with E-state index in [4.69, 9.17) is 17.3 Å². The zero-order valence-electron chi connectivity index (χ0n) is 11.6. The molecular formula is C17H18Cl2N2. The largest absolute Gasteiger partial charge is 0.346 e. The fraction of sp³-hybridized carbons (Fsp3) is 0.176. The number of nitrogens with two attached hydrogens (primary N) is 1. The minimum atomic E-state index is 0. The second-order valence-corrected chi connectivity index (χ2v) is 5.34. The normalized spacial score (nSPS) is 10.6. The molecule has 3 aromatic rings. The molecule has 3 rings (SSSR count). The van der Waals surface area contributed by atoms with E-state index in [2.05, 4.69) is 47.2 Å². The van der Waals surface area contributed by atoms with Crippen LogP contribution >= 0.6 is 24.0 Å². The van der Waals surface area contributed by atoms with Gasteiger partial charge in [0.2, 0.25) is 0 Å². The molecule has 2 N–H and O–H groups in total. The minimum Gasteiger partial charge on any atom is -0.346 e. The van der Waals surface area contributed by atoms with Crippen molar-refractivity contribution in [2.75, 3.05) is 6.54 Å². The summed E-state index contributed by atoms with van der Waals surface area (Å²) in [6.07, 6.45) is 3.18. The SMILES string of the molecule is Cl.NCCCn1cc2ccccc2c1-c1ccc(Cl)cc1. The highest BCUT2D eigenvalue weighted by Crippen LogP contribution is 2.31. The van der Waals surface area contributed by atoms with E-state index in [1.54, 1.807) is 0 Å². The van der Waals surface area contributed by atoms with E-state index in [1.165, 1.54) is 22.0 Å². The van der Waals surface area contributed by atoms with Crippen LogP contribution in [0.2, 0.25) is 5.02 Å². The van der Waals surface area contributed by atoms with Gasteiger partial charge in [0.05, 0.1) is 5.69 Å². The summed E-state index contributed by atoms with van der Waals surface area (Å²) in [5, 5.41) is 3.29. The lowest BCUT2D eigenvalue weighted by Crippen LogP contribution is -2.05. The number of aromatic nitrogens is 1. The van der Waals surface area contributed by atoms with Crippen molar-refractivity contribution in [2.45, 2.75) is 13.0 Å². The number of benzene rings is 2. The van der Waals surface area contributed by atoms with Crippen LogP contribution in [0.25, 0.3) is 22.0 Å². The third-order valence-corrected chi connectivity index (χ3v) is 3.77. The Balaban J connectivity index is 0.00000161. The van der Waals surface area contributed by atoms with Crippen LogP contribution in [0.1, 0.15) is 6.42 Å². The molecule has 0 amide bonds. The Morgan fingerprint density at radius 1 is 1.00 bits per heavy atom. The van der Waals surface area contributed by atoms with Gasteiger partial charge in [0, 0.05) is 23.2 Å². The summed E-state index contributed by atoms with van der Waals surface area (Å²) in [5.41, 5.74) is 8.08. The van der Waals surface area contributed by atoms with Gasteiger partial charge in [-0.3, -0.25) is 0 Å². The molecule has 2 aromatic carbocycles. The Morgan fingerprint density at radius 3 is 2.43 bits per heavy atom. The number of aryl methyl sites for hydroxylation is 1. The molecule has 1 aromatic heterocycles. The molecule has 0 fully saturated rings. The molecule has 2 nitrogen and oxygen atoms in total. The van der Waals surface area contributed by atoms with Crippen LogP contribution < -0.4 is 5.73 Å². The number of hydrogen-bond acceptors (Lipinski definition) is 1. The van der Waals surface area contributed by atoms with Gasteiger partial charge in [-0.05, 0) is 36.0 Å². The standard InChI is InChI=1S/C17H17ClN2.ClH/c18-15-8-6-13(7-9-15)17-16-5-2-1-4-14(16)12-20(17)11-3-10-19;/h1-2,4-9,12H,3,10-11,19H2;1H. The lowest BCUT2D eigenvalue weighted by atomic mass is 10.1. The molecule has 0 bridgehead atoms. The van der Waals surface area contributed by atoms with E-state index in [0.717, 1.165) is 18.0 Å². The predicted molar refractivity (Wildman–Crippen MR) is 93.3 cm³/mol. The first kappa shape index (κ1) is 15.9. The first-order valence-corrected chi connectivity index (χ1v) is 7.21. The third kappa shape index (κ3) is 3.24. The molecule has 110 valence electrons. The second kappa shape index (κ2) is 6.99. The molecule has 4 heteroatoms. The summed E-state index contributed by atoms with van der Waals surface area (Å²) in [5.74, 6) is 0. The Morgan fingerprint density at radius 2 is 1.71 bits per heavy atom. The quantitative estimate of drug-likeness (QED) is 0.740. The number of hydrogen-bond donors (Lipinski definition) is 1. The molecule has 0 saturated heterocycles. The van der Waals surface area contributed by atoms with Gasteiger partial charge in [0.1, 0.15) is 0 Å². The molecule has 0 radical (unpaired) electrons. The second-order valence-electron chi connectivity index (χ2n) is 4.91. The van der Waals surface area contributed by atoms with Gasteiger partial charge < -0.3 is 10.3 Å². The summed E-state index contributed by atoms with van der Waals surface area (Å²) >= 11 is 5.99. The Labute approximate surface area is 135 Å². The molecule has 0 saturated carbocycles. The summed E-state index contributed by atoms with van der Waals surface area (Å²) < 4.78 is 2.29. The van der Waals surface area contributed by atoms with Crippen molar-refractivity contribution in [3.63, 3.8) is 0 Å². The average Bonchev–Trinajstić information content (AvgIpc) is 2.84. The van der Waals surface area contributed by atoms with Gasteiger partial charge >= 0.3 is 0 Å².